The molecule has 1 aromatic carbocycles. The number of benzene rings is 1. The average Bonchev–Trinajstić information content (AvgIpc) is 3.67. The number of hydrogen-bond acceptors (Lipinski definition) is 12. The van der Waals surface area contributed by atoms with Crippen molar-refractivity contribution < 1.29 is 29.4 Å². The molecule has 1 fully saturated rings. The Hall–Kier alpha value is -2.23. The molecule has 3 aromatic rings. The summed E-state index contributed by atoms with van der Waals surface area (Å²) in [6.07, 6.45) is 0.493. The van der Waals surface area contributed by atoms with Gasteiger partial charge in [0.05, 0.1) is 19.0 Å². The fourth-order valence-corrected chi connectivity index (χ4v) is 9.83. The number of fused-ring (bicyclic) bond motifs is 1. The van der Waals surface area contributed by atoms with Crippen molar-refractivity contribution in [2.24, 2.45) is 0 Å². The highest BCUT2D eigenvalue weighted by molar-refractivity contribution is 8.77. The van der Waals surface area contributed by atoms with Crippen LogP contribution in [0.25, 0.3) is 11.2 Å². The van der Waals surface area contributed by atoms with Crippen LogP contribution in [0.3, 0.4) is 0 Å². The number of rotatable bonds is 19. The molecule has 4 rings (SSSR count). The average molecular weight is 782 g/mol. The van der Waals surface area contributed by atoms with Gasteiger partial charge in [-0.1, -0.05) is 68.3 Å². The van der Waals surface area contributed by atoms with Crippen LogP contribution in [0.2, 0.25) is 0 Å². The lowest BCUT2D eigenvalue weighted by Crippen LogP contribution is -2.39. The van der Waals surface area contributed by atoms with Gasteiger partial charge in [-0.2, -0.15) is 4.98 Å². The molecule has 1 aliphatic rings. The largest absolute Gasteiger partial charge is 0.484 e. The van der Waals surface area contributed by atoms with E-state index in [9.17, 15) is 9.59 Å². The quantitative estimate of drug-likeness (QED) is 0.0694. The van der Waals surface area contributed by atoms with Crippen LogP contribution in [0.5, 0.6) is 5.75 Å². The normalized spacial score (nSPS) is 20.4. The molecular weight excluding hydrogens is 724 g/mol. The molecule has 2 aromatic heterocycles. The number of methoxy groups -OCH3 is 1. The molecule has 0 aliphatic carbocycles. The SMILES string of the molecule is [2H]C[C@H]1O[C@@H](n2cnc3c(=O)[nH]c(NC(=O)COc4ccc(C(C)C)cc4)nc32)[C@@H](OC)C1OP(OCCCCSSC(C)(C)C)N(C(C)C)C(C)C. The predicted molar refractivity (Wildman–Crippen MR) is 212 cm³/mol. The number of nitrogens with zero attached hydrogens (tertiary/aromatic N) is 4. The first-order valence-electron chi connectivity index (χ1n) is 18.5. The van der Waals surface area contributed by atoms with E-state index in [0.717, 1.165) is 24.2 Å². The van der Waals surface area contributed by atoms with E-state index in [1.807, 2.05) is 45.9 Å². The fraction of sp³-hybridized carbons (Fsp3) is 0.667. The number of nitrogens with one attached hydrogen (secondary N) is 2. The molecule has 13 nitrogen and oxygen atoms in total. The highest BCUT2D eigenvalue weighted by Gasteiger charge is 2.48. The van der Waals surface area contributed by atoms with Crippen LogP contribution in [-0.2, 0) is 23.3 Å². The van der Waals surface area contributed by atoms with Crippen LogP contribution in [0.15, 0.2) is 35.4 Å². The number of carbonyl (C=O) groups is 1. The van der Waals surface area contributed by atoms with Gasteiger partial charge in [0.15, 0.2) is 24.0 Å². The van der Waals surface area contributed by atoms with Crippen molar-refractivity contribution in [2.75, 3.05) is 31.4 Å². The number of ether oxygens (including phenoxy) is 3. The van der Waals surface area contributed by atoms with Crippen LogP contribution >= 0.6 is 30.1 Å². The third-order valence-electron chi connectivity index (χ3n) is 8.03. The smallest absolute Gasteiger partial charge is 0.280 e. The van der Waals surface area contributed by atoms with E-state index >= 15 is 0 Å². The molecule has 16 heteroatoms. The maximum atomic E-state index is 13.1. The monoisotopic (exact) mass is 781 g/mol. The van der Waals surface area contributed by atoms with Gasteiger partial charge in [-0.25, -0.2) is 9.65 Å². The highest BCUT2D eigenvalue weighted by Crippen LogP contribution is 2.50. The van der Waals surface area contributed by atoms with Gasteiger partial charge in [-0.15, -0.1) is 0 Å². The molecule has 0 spiro atoms. The van der Waals surface area contributed by atoms with Gasteiger partial charge in [0, 0.05) is 31.1 Å². The van der Waals surface area contributed by atoms with Crippen molar-refractivity contribution in [3.8, 4) is 5.75 Å². The second-order valence-electron chi connectivity index (χ2n) is 14.5. The van der Waals surface area contributed by atoms with E-state index in [1.54, 1.807) is 11.7 Å². The van der Waals surface area contributed by atoms with Gasteiger partial charge in [-0.05, 0) is 71.1 Å². The molecule has 1 saturated heterocycles. The van der Waals surface area contributed by atoms with Crippen LogP contribution in [0, 0.1) is 0 Å². The van der Waals surface area contributed by atoms with Gasteiger partial charge in [0.25, 0.3) is 20.0 Å². The summed E-state index contributed by atoms with van der Waals surface area (Å²) in [5.74, 6) is 1.39. The first-order valence-corrected chi connectivity index (χ1v) is 21.2. The minimum atomic E-state index is -1.56. The molecule has 0 radical (unpaired) electrons. The minimum absolute atomic E-state index is 0.0603. The minimum Gasteiger partial charge on any atom is -0.484 e. The Kier molecular flexibility index (Phi) is 15.3. The van der Waals surface area contributed by atoms with Crippen molar-refractivity contribution in [1.82, 2.24) is 24.2 Å². The van der Waals surface area contributed by atoms with Gasteiger partial charge in [0.2, 0.25) is 5.95 Å². The molecule has 0 bridgehead atoms. The predicted octanol–water partition coefficient (Wildman–Crippen LogP) is 7.90. The zero-order valence-electron chi connectivity index (χ0n) is 33.1. The standard InChI is InChI=1S/C36H57N6O7PS2/c1-22(2)26-14-16-27(17-15-26)46-20-28(43)38-35-39-32-29(33(44)40-35)37-21-41(32)34-31(45-11)30(25(7)48-34)49-50(42(23(3)4)24(5)6)47-18-12-13-19-51-52-36(8,9)10/h14-17,21-25,30-31,34H,12-13,18-20H2,1-11H3,(H2,38,39,40,43,44)/t25-,30?,31+,34-,50?/m1/s1/i7D. The van der Waals surface area contributed by atoms with Gasteiger partial charge >= 0.3 is 0 Å². The molecular formula is C36H57N6O7PS2. The van der Waals surface area contributed by atoms with Crippen molar-refractivity contribution in [3.05, 3.63) is 46.5 Å². The number of anilines is 1. The molecule has 2 N–H and O–H groups in total. The van der Waals surface area contributed by atoms with Crippen molar-refractivity contribution in [1.29, 1.82) is 0 Å². The summed E-state index contributed by atoms with van der Waals surface area (Å²) in [5.41, 5.74) is 0.863. The number of unbranched alkanes of at least 4 members (excludes halogenated alkanes) is 1. The van der Waals surface area contributed by atoms with E-state index in [-0.39, 0.29) is 47.4 Å². The molecule has 1 amide bonds. The second kappa shape index (κ2) is 19.4. The Labute approximate surface area is 318 Å². The van der Waals surface area contributed by atoms with E-state index in [4.69, 9.17) is 24.6 Å². The first-order chi connectivity index (χ1) is 25.1. The maximum absolute atomic E-state index is 13.1. The third kappa shape index (κ3) is 11.6. The van der Waals surface area contributed by atoms with Crippen molar-refractivity contribution >= 4 is 53.1 Å². The van der Waals surface area contributed by atoms with E-state index in [0.29, 0.717) is 18.3 Å². The summed E-state index contributed by atoms with van der Waals surface area (Å²) in [6.45, 7) is 19.4. The molecule has 290 valence electrons. The zero-order chi connectivity index (χ0) is 38.9. The number of aromatic amines is 1. The van der Waals surface area contributed by atoms with E-state index < -0.39 is 44.5 Å². The van der Waals surface area contributed by atoms with Gasteiger partial charge in [0.1, 0.15) is 18.0 Å². The lowest BCUT2D eigenvalue weighted by molar-refractivity contribution is -0.118. The molecule has 1 aliphatic heterocycles. The number of amides is 1. The summed E-state index contributed by atoms with van der Waals surface area (Å²) in [5, 5.41) is 2.62. The summed E-state index contributed by atoms with van der Waals surface area (Å²) in [4.78, 5) is 37.3. The van der Waals surface area contributed by atoms with Gasteiger partial charge in [-0.3, -0.25) is 24.5 Å². The lowest BCUT2D eigenvalue weighted by Gasteiger charge is -2.38. The molecule has 0 saturated carbocycles. The molecule has 3 heterocycles. The number of imidazole rings is 1. The van der Waals surface area contributed by atoms with Crippen LogP contribution in [0.4, 0.5) is 5.95 Å². The summed E-state index contributed by atoms with van der Waals surface area (Å²) in [7, 11) is 3.78. The second-order valence-corrected chi connectivity index (χ2v) is 19.1. The zero-order valence-corrected chi connectivity index (χ0v) is 34.6. The summed E-state index contributed by atoms with van der Waals surface area (Å²) in [6, 6.07) is 7.81. The number of H-pyrrole nitrogens is 1. The Bertz CT molecular complexity index is 1650. The fourth-order valence-electron chi connectivity index (χ4n) is 5.60. The van der Waals surface area contributed by atoms with Gasteiger partial charge < -0.3 is 23.3 Å². The van der Waals surface area contributed by atoms with E-state index in [2.05, 4.69) is 87.3 Å². The van der Waals surface area contributed by atoms with Crippen molar-refractivity contribution in [2.45, 2.75) is 129 Å². The Balaban J connectivity index is 1.49. The van der Waals surface area contributed by atoms with Crippen molar-refractivity contribution in [3.63, 3.8) is 0 Å². The molecule has 5 atom stereocenters. The van der Waals surface area contributed by atoms with Crippen LogP contribution < -0.4 is 15.6 Å². The Morgan fingerprint density at radius 1 is 1.13 bits per heavy atom. The molecule has 2 unspecified atom stereocenters. The topological polar surface area (TPSA) is 142 Å². The summed E-state index contributed by atoms with van der Waals surface area (Å²) >= 11 is 0. The Morgan fingerprint density at radius 2 is 1.85 bits per heavy atom. The number of carbonyl (C=O) groups excluding carboxylic acids is 1. The summed E-state index contributed by atoms with van der Waals surface area (Å²) < 4.78 is 43.8. The van der Waals surface area contributed by atoms with E-state index in [1.165, 1.54) is 6.33 Å². The number of aromatic nitrogens is 4. The lowest BCUT2D eigenvalue weighted by atomic mass is 10.0. The molecule has 52 heavy (non-hydrogen) atoms. The van der Waals surface area contributed by atoms with Crippen LogP contribution in [0.1, 0.15) is 101 Å². The van der Waals surface area contributed by atoms with Crippen LogP contribution in [-0.4, -0.2) is 91.3 Å². The highest BCUT2D eigenvalue weighted by atomic mass is 33.1. The maximum Gasteiger partial charge on any atom is 0.280 e. The number of hydrogen-bond donors (Lipinski definition) is 2. The third-order valence-corrected chi connectivity index (χ3v) is 13.6. The first kappa shape index (κ1) is 40.9. The Morgan fingerprint density at radius 3 is 2.46 bits per heavy atom.